The highest BCUT2D eigenvalue weighted by molar-refractivity contribution is 5.85. The fourth-order valence-corrected chi connectivity index (χ4v) is 1.55. The van der Waals surface area contributed by atoms with Gasteiger partial charge in [-0.2, -0.15) is 0 Å². The van der Waals surface area contributed by atoms with Gasteiger partial charge >= 0.3 is 11.9 Å². The Hall–Kier alpha value is -0.810. The Morgan fingerprint density at radius 1 is 1.43 bits per heavy atom. The van der Waals surface area contributed by atoms with E-state index in [0.29, 0.717) is 19.5 Å². The zero-order valence-corrected chi connectivity index (χ0v) is 8.67. The van der Waals surface area contributed by atoms with Gasteiger partial charge in [-0.25, -0.2) is 0 Å². The van der Waals surface area contributed by atoms with Crippen molar-refractivity contribution in [1.29, 1.82) is 0 Å². The maximum atomic E-state index is 11.2. The summed E-state index contributed by atoms with van der Waals surface area (Å²) in [5, 5.41) is 11.8. The lowest BCUT2D eigenvalue weighted by Gasteiger charge is -2.26. The van der Waals surface area contributed by atoms with Crippen LogP contribution < -0.4 is 5.32 Å². The number of piperidine rings is 1. The van der Waals surface area contributed by atoms with E-state index in [1.807, 2.05) is 0 Å². The maximum absolute atomic E-state index is 11.2. The number of aliphatic carboxylic acids is 1. The van der Waals surface area contributed by atoms with Crippen LogP contribution in [0.1, 0.15) is 6.42 Å². The van der Waals surface area contributed by atoms with E-state index in [1.54, 1.807) is 0 Å². The predicted molar refractivity (Wildman–Crippen MR) is 51.4 cm³/mol. The molecule has 0 radical (unpaired) electrons. The first-order valence-electron chi connectivity index (χ1n) is 4.18. The second kappa shape index (κ2) is 5.82. The van der Waals surface area contributed by atoms with Crippen LogP contribution in [-0.2, 0) is 14.3 Å². The van der Waals surface area contributed by atoms with Gasteiger partial charge in [-0.15, -0.1) is 12.4 Å². The van der Waals surface area contributed by atoms with Crippen LogP contribution in [0.15, 0.2) is 0 Å². The number of rotatable bonds is 2. The largest absolute Gasteiger partial charge is 0.481 e. The Bertz CT molecular complexity index is 221. The molecule has 0 aliphatic carbocycles. The van der Waals surface area contributed by atoms with Gasteiger partial charge in [0.15, 0.2) is 0 Å². The maximum Gasteiger partial charge on any atom is 0.310 e. The molecule has 82 valence electrons. The molecular weight excluding hydrogens is 210 g/mol. The Morgan fingerprint density at radius 3 is 2.57 bits per heavy atom. The SMILES string of the molecule is COC(=O)C1CNCCC1C(=O)O.Cl. The van der Waals surface area contributed by atoms with E-state index in [9.17, 15) is 9.59 Å². The van der Waals surface area contributed by atoms with Gasteiger partial charge in [0.25, 0.3) is 0 Å². The van der Waals surface area contributed by atoms with Crippen molar-refractivity contribution in [3.8, 4) is 0 Å². The van der Waals surface area contributed by atoms with Gasteiger partial charge in [0, 0.05) is 6.54 Å². The van der Waals surface area contributed by atoms with Crippen molar-refractivity contribution in [3.05, 3.63) is 0 Å². The fraction of sp³-hybridized carbons (Fsp3) is 0.750. The molecule has 14 heavy (non-hydrogen) atoms. The Kier molecular flexibility index (Phi) is 5.49. The molecule has 0 spiro atoms. The minimum absolute atomic E-state index is 0. The van der Waals surface area contributed by atoms with Crippen molar-refractivity contribution in [2.75, 3.05) is 20.2 Å². The van der Waals surface area contributed by atoms with Crippen LogP contribution in [0.5, 0.6) is 0 Å². The topological polar surface area (TPSA) is 75.6 Å². The second-order valence-corrected chi connectivity index (χ2v) is 3.07. The monoisotopic (exact) mass is 223 g/mol. The third-order valence-electron chi connectivity index (χ3n) is 2.30. The van der Waals surface area contributed by atoms with E-state index in [-0.39, 0.29) is 12.4 Å². The number of nitrogens with one attached hydrogen (secondary N) is 1. The molecule has 6 heteroatoms. The van der Waals surface area contributed by atoms with Crippen molar-refractivity contribution >= 4 is 24.3 Å². The van der Waals surface area contributed by atoms with Crippen molar-refractivity contribution in [3.63, 3.8) is 0 Å². The molecule has 1 aliphatic heterocycles. The third-order valence-corrected chi connectivity index (χ3v) is 2.30. The number of esters is 1. The molecule has 1 aliphatic rings. The average molecular weight is 224 g/mol. The summed E-state index contributed by atoms with van der Waals surface area (Å²) >= 11 is 0. The highest BCUT2D eigenvalue weighted by atomic mass is 35.5. The molecule has 2 unspecified atom stereocenters. The van der Waals surface area contributed by atoms with E-state index >= 15 is 0 Å². The van der Waals surface area contributed by atoms with Gasteiger partial charge in [-0.05, 0) is 13.0 Å². The molecule has 2 atom stereocenters. The summed E-state index contributed by atoms with van der Waals surface area (Å²) in [6, 6.07) is 0. The molecule has 0 aromatic rings. The molecule has 2 N–H and O–H groups in total. The van der Waals surface area contributed by atoms with E-state index in [1.165, 1.54) is 7.11 Å². The van der Waals surface area contributed by atoms with E-state index in [2.05, 4.69) is 10.1 Å². The highest BCUT2D eigenvalue weighted by Crippen LogP contribution is 2.20. The van der Waals surface area contributed by atoms with Crippen LogP contribution in [0.4, 0.5) is 0 Å². The molecular formula is C8H14ClNO4. The highest BCUT2D eigenvalue weighted by Gasteiger charge is 2.36. The van der Waals surface area contributed by atoms with Gasteiger partial charge in [0.1, 0.15) is 0 Å². The number of carboxylic acids is 1. The predicted octanol–water partition coefficient (Wildman–Crippen LogP) is -0.108. The normalized spacial score (nSPS) is 26.1. The van der Waals surface area contributed by atoms with Crippen molar-refractivity contribution in [1.82, 2.24) is 5.32 Å². The number of halogens is 1. The zero-order chi connectivity index (χ0) is 9.84. The molecule has 0 saturated carbocycles. The average Bonchev–Trinajstić information content (AvgIpc) is 2.16. The molecule has 0 amide bonds. The summed E-state index contributed by atoms with van der Waals surface area (Å²) in [6.07, 6.45) is 0.481. The Morgan fingerprint density at radius 2 is 2.07 bits per heavy atom. The summed E-state index contributed by atoms with van der Waals surface area (Å²) < 4.78 is 4.53. The van der Waals surface area contributed by atoms with Crippen molar-refractivity contribution in [2.45, 2.75) is 6.42 Å². The van der Waals surface area contributed by atoms with Crippen LogP contribution in [0.3, 0.4) is 0 Å². The number of ether oxygens (including phenoxy) is 1. The number of hydrogen-bond donors (Lipinski definition) is 2. The second-order valence-electron chi connectivity index (χ2n) is 3.07. The minimum atomic E-state index is -0.920. The first-order chi connectivity index (χ1) is 6.16. The molecule has 5 nitrogen and oxygen atoms in total. The van der Waals surface area contributed by atoms with Crippen LogP contribution in [0.2, 0.25) is 0 Å². The molecule has 1 saturated heterocycles. The molecule has 1 rings (SSSR count). The Balaban J connectivity index is 0.00000169. The summed E-state index contributed by atoms with van der Waals surface area (Å²) in [5.41, 5.74) is 0. The first-order valence-corrected chi connectivity index (χ1v) is 4.18. The molecule has 0 bridgehead atoms. The molecule has 1 fully saturated rings. The quantitative estimate of drug-likeness (QED) is 0.639. The van der Waals surface area contributed by atoms with Gasteiger partial charge in [-0.1, -0.05) is 0 Å². The molecule has 1 heterocycles. The number of carboxylic acid groups (broad SMARTS) is 1. The smallest absolute Gasteiger partial charge is 0.310 e. The van der Waals surface area contributed by atoms with Gasteiger partial charge in [-0.3, -0.25) is 9.59 Å². The summed E-state index contributed by atoms with van der Waals surface area (Å²) in [4.78, 5) is 21.9. The van der Waals surface area contributed by atoms with Crippen LogP contribution in [0, 0.1) is 11.8 Å². The Labute approximate surface area is 88.2 Å². The number of methoxy groups -OCH3 is 1. The van der Waals surface area contributed by atoms with Crippen molar-refractivity contribution < 1.29 is 19.4 Å². The minimum Gasteiger partial charge on any atom is -0.481 e. The van der Waals surface area contributed by atoms with Crippen molar-refractivity contribution in [2.24, 2.45) is 11.8 Å². The third kappa shape index (κ3) is 2.85. The van der Waals surface area contributed by atoms with E-state index in [4.69, 9.17) is 5.11 Å². The molecule has 0 aromatic heterocycles. The van der Waals surface area contributed by atoms with Gasteiger partial charge in [0.2, 0.25) is 0 Å². The van der Waals surface area contributed by atoms with E-state index in [0.717, 1.165) is 0 Å². The summed E-state index contributed by atoms with van der Waals surface area (Å²) in [5.74, 6) is -2.51. The number of carbonyl (C=O) groups excluding carboxylic acids is 1. The van der Waals surface area contributed by atoms with Crippen LogP contribution in [0.25, 0.3) is 0 Å². The number of hydrogen-bond acceptors (Lipinski definition) is 4. The number of carbonyl (C=O) groups is 2. The van der Waals surface area contributed by atoms with E-state index < -0.39 is 23.8 Å². The lowest BCUT2D eigenvalue weighted by Crippen LogP contribution is -2.44. The van der Waals surface area contributed by atoms with Gasteiger partial charge < -0.3 is 15.2 Å². The summed E-state index contributed by atoms with van der Waals surface area (Å²) in [7, 11) is 1.27. The summed E-state index contributed by atoms with van der Waals surface area (Å²) in [6.45, 7) is 1.04. The lowest BCUT2D eigenvalue weighted by atomic mass is 9.86. The molecule has 0 aromatic carbocycles. The fourth-order valence-electron chi connectivity index (χ4n) is 1.55. The van der Waals surface area contributed by atoms with Gasteiger partial charge in [0.05, 0.1) is 18.9 Å². The zero-order valence-electron chi connectivity index (χ0n) is 7.86. The van der Waals surface area contributed by atoms with Crippen LogP contribution in [-0.4, -0.2) is 37.2 Å². The standard InChI is InChI=1S/C8H13NO4.ClH/c1-13-8(12)6-4-9-3-2-5(6)7(10)11;/h5-6,9H,2-4H2,1H3,(H,10,11);1H. The first kappa shape index (κ1) is 13.2. The lowest BCUT2D eigenvalue weighted by molar-refractivity contribution is -0.156. The van der Waals surface area contributed by atoms with Crippen LogP contribution >= 0.6 is 12.4 Å².